The van der Waals surface area contributed by atoms with Gasteiger partial charge < -0.3 is 9.26 Å². The average Bonchev–Trinajstić information content (AvgIpc) is 3.23. The largest absolute Gasteiger partial charge is 0.435 e. The van der Waals surface area contributed by atoms with Crippen LogP contribution < -0.4 is 0 Å². The van der Waals surface area contributed by atoms with Gasteiger partial charge in [0.25, 0.3) is 5.89 Å². The van der Waals surface area contributed by atoms with Crippen molar-refractivity contribution >= 4 is 0 Å². The maximum atomic E-state index is 12.7. The van der Waals surface area contributed by atoms with Gasteiger partial charge in [0, 0.05) is 18.9 Å². The fourth-order valence-corrected chi connectivity index (χ4v) is 2.02. The van der Waals surface area contributed by atoms with Crippen LogP contribution in [0.15, 0.2) is 41.1 Å². The molecule has 126 valence electrons. The lowest BCUT2D eigenvalue weighted by atomic mass is 10.2. The van der Waals surface area contributed by atoms with Gasteiger partial charge in [0.15, 0.2) is 5.69 Å². The summed E-state index contributed by atoms with van der Waals surface area (Å²) in [5.74, 6) is 0.635. The standard InChI is InChI=1S/C15H13F3N4O2/c1-9(23-2)13-19-14(24-21-13)10-4-3-5-11(8-10)22-7-6-12(20-22)15(16,17)18/h3-9H,1-2H3/t9-/m1/s1. The van der Waals surface area contributed by atoms with Crippen LogP contribution in [0.25, 0.3) is 17.1 Å². The predicted octanol–water partition coefficient (Wildman–Crippen LogP) is 3.65. The van der Waals surface area contributed by atoms with Gasteiger partial charge in [-0.3, -0.25) is 0 Å². The van der Waals surface area contributed by atoms with E-state index in [1.165, 1.54) is 13.3 Å². The molecule has 0 spiro atoms. The zero-order chi connectivity index (χ0) is 17.3. The molecule has 0 radical (unpaired) electrons. The molecular formula is C15H13F3N4O2. The Morgan fingerprint density at radius 1 is 1.25 bits per heavy atom. The van der Waals surface area contributed by atoms with E-state index in [0.29, 0.717) is 17.1 Å². The van der Waals surface area contributed by atoms with Crippen LogP contribution in [0.3, 0.4) is 0 Å². The highest BCUT2D eigenvalue weighted by Gasteiger charge is 2.33. The number of benzene rings is 1. The Hall–Kier alpha value is -2.68. The Labute approximate surface area is 134 Å². The van der Waals surface area contributed by atoms with Gasteiger partial charge in [-0.2, -0.15) is 23.3 Å². The summed E-state index contributed by atoms with van der Waals surface area (Å²) in [4.78, 5) is 4.22. The topological polar surface area (TPSA) is 66.0 Å². The van der Waals surface area contributed by atoms with Crippen molar-refractivity contribution in [2.75, 3.05) is 7.11 Å². The van der Waals surface area contributed by atoms with E-state index in [9.17, 15) is 13.2 Å². The molecule has 0 aliphatic heterocycles. The van der Waals surface area contributed by atoms with Gasteiger partial charge in [0.05, 0.1) is 5.69 Å². The van der Waals surface area contributed by atoms with E-state index in [2.05, 4.69) is 15.2 Å². The van der Waals surface area contributed by atoms with Crippen LogP contribution in [0.5, 0.6) is 0 Å². The molecule has 6 nitrogen and oxygen atoms in total. The predicted molar refractivity (Wildman–Crippen MR) is 77.3 cm³/mol. The number of halogens is 3. The summed E-state index contributed by atoms with van der Waals surface area (Å²) in [6.07, 6.45) is -3.57. The molecule has 0 amide bonds. The second-order valence-corrected chi connectivity index (χ2v) is 5.03. The minimum Gasteiger partial charge on any atom is -0.374 e. The monoisotopic (exact) mass is 338 g/mol. The summed E-state index contributed by atoms with van der Waals surface area (Å²) in [7, 11) is 1.53. The number of aromatic nitrogens is 4. The Balaban J connectivity index is 1.92. The molecule has 0 N–H and O–H groups in total. The number of hydrogen-bond acceptors (Lipinski definition) is 5. The lowest BCUT2D eigenvalue weighted by Crippen LogP contribution is -2.07. The fraction of sp³-hybridized carbons (Fsp3) is 0.267. The van der Waals surface area contributed by atoms with E-state index in [-0.39, 0.29) is 12.0 Å². The quantitative estimate of drug-likeness (QED) is 0.726. The van der Waals surface area contributed by atoms with Crippen molar-refractivity contribution in [3.63, 3.8) is 0 Å². The molecule has 0 saturated heterocycles. The number of rotatable bonds is 4. The third-order valence-corrected chi connectivity index (χ3v) is 3.40. The molecule has 3 aromatic rings. The second-order valence-electron chi connectivity index (χ2n) is 5.03. The summed E-state index contributed by atoms with van der Waals surface area (Å²) in [5.41, 5.74) is 0.0584. The van der Waals surface area contributed by atoms with Crippen molar-refractivity contribution in [2.24, 2.45) is 0 Å². The van der Waals surface area contributed by atoms with Crippen molar-refractivity contribution in [3.05, 3.63) is 48.0 Å². The molecule has 3 rings (SSSR count). The highest BCUT2D eigenvalue weighted by atomic mass is 19.4. The molecule has 0 bridgehead atoms. The lowest BCUT2D eigenvalue weighted by Gasteiger charge is -2.04. The second kappa shape index (κ2) is 6.08. The summed E-state index contributed by atoms with van der Waals surface area (Å²) in [5, 5.41) is 7.36. The molecule has 24 heavy (non-hydrogen) atoms. The van der Waals surface area contributed by atoms with E-state index in [4.69, 9.17) is 9.26 Å². The van der Waals surface area contributed by atoms with Gasteiger partial charge in [-0.1, -0.05) is 11.2 Å². The maximum absolute atomic E-state index is 12.7. The maximum Gasteiger partial charge on any atom is 0.435 e. The number of alkyl halides is 3. The van der Waals surface area contributed by atoms with Crippen LogP contribution in [0.2, 0.25) is 0 Å². The molecule has 1 aromatic carbocycles. The summed E-state index contributed by atoms with van der Waals surface area (Å²) in [6.45, 7) is 1.77. The van der Waals surface area contributed by atoms with Crippen LogP contribution in [-0.2, 0) is 10.9 Å². The van der Waals surface area contributed by atoms with E-state index < -0.39 is 11.9 Å². The summed E-state index contributed by atoms with van der Waals surface area (Å²) in [6, 6.07) is 7.54. The minimum absolute atomic E-state index is 0.249. The number of nitrogens with zero attached hydrogens (tertiary/aromatic N) is 4. The smallest absolute Gasteiger partial charge is 0.374 e. The summed E-state index contributed by atoms with van der Waals surface area (Å²) >= 11 is 0. The van der Waals surface area contributed by atoms with Gasteiger partial charge >= 0.3 is 6.18 Å². The van der Waals surface area contributed by atoms with Gasteiger partial charge in [-0.25, -0.2) is 4.68 Å². The van der Waals surface area contributed by atoms with Crippen LogP contribution in [-0.4, -0.2) is 27.0 Å². The Bertz CT molecular complexity index is 841. The van der Waals surface area contributed by atoms with E-state index in [1.807, 2.05) is 0 Å². The van der Waals surface area contributed by atoms with E-state index >= 15 is 0 Å². The molecule has 0 aliphatic carbocycles. The zero-order valence-corrected chi connectivity index (χ0v) is 12.8. The third kappa shape index (κ3) is 3.16. The van der Waals surface area contributed by atoms with E-state index in [1.54, 1.807) is 31.2 Å². The van der Waals surface area contributed by atoms with Crippen molar-refractivity contribution in [1.29, 1.82) is 0 Å². The van der Waals surface area contributed by atoms with Gasteiger partial charge in [-0.05, 0) is 31.2 Å². The lowest BCUT2D eigenvalue weighted by molar-refractivity contribution is -0.141. The van der Waals surface area contributed by atoms with Crippen molar-refractivity contribution in [2.45, 2.75) is 19.2 Å². The molecule has 2 heterocycles. The first kappa shape index (κ1) is 16.2. The fourth-order valence-electron chi connectivity index (χ4n) is 2.02. The SMILES string of the molecule is CO[C@H](C)c1noc(-c2cccc(-n3ccc(C(F)(F)F)n3)c2)n1. The van der Waals surface area contributed by atoms with Crippen LogP contribution in [0.1, 0.15) is 24.5 Å². The van der Waals surface area contributed by atoms with Crippen molar-refractivity contribution < 1.29 is 22.4 Å². The first-order valence-corrected chi connectivity index (χ1v) is 6.98. The third-order valence-electron chi connectivity index (χ3n) is 3.40. The molecule has 0 unspecified atom stereocenters. The van der Waals surface area contributed by atoms with Crippen LogP contribution >= 0.6 is 0 Å². The average molecular weight is 338 g/mol. The minimum atomic E-state index is -4.49. The Morgan fingerprint density at radius 3 is 2.71 bits per heavy atom. The molecular weight excluding hydrogens is 325 g/mol. The molecule has 0 saturated carbocycles. The first-order chi connectivity index (χ1) is 11.4. The van der Waals surface area contributed by atoms with Crippen LogP contribution in [0.4, 0.5) is 13.2 Å². The highest BCUT2D eigenvalue weighted by Crippen LogP contribution is 2.28. The highest BCUT2D eigenvalue weighted by molar-refractivity contribution is 5.57. The van der Waals surface area contributed by atoms with E-state index in [0.717, 1.165) is 10.7 Å². The normalized spacial score (nSPS) is 13.2. The first-order valence-electron chi connectivity index (χ1n) is 6.98. The molecule has 2 aromatic heterocycles. The number of methoxy groups -OCH3 is 1. The zero-order valence-electron chi connectivity index (χ0n) is 12.8. The molecule has 0 aliphatic rings. The van der Waals surface area contributed by atoms with Gasteiger partial charge in [-0.15, -0.1) is 0 Å². The summed E-state index contributed by atoms with van der Waals surface area (Å²) < 4.78 is 49.4. The van der Waals surface area contributed by atoms with Gasteiger partial charge in [0.1, 0.15) is 6.10 Å². The Kier molecular flexibility index (Phi) is 4.10. The molecule has 1 atom stereocenters. The Morgan fingerprint density at radius 2 is 2.04 bits per heavy atom. The van der Waals surface area contributed by atoms with Crippen molar-refractivity contribution in [1.82, 2.24) is 19.9 Å². The molecule has 9 heteroatoms. The van der Waals surface area contributed by atoms with Crippen molar-refractivity contribution in [3.8, 4) is 17.1 Å². The molecule has 0 fully saturated rings. The number of ether oxygens (including phenoxy) is 1. The van der Waals surface area contributed by atoms with Gasteiger partial charge in [0.2, 0.25) is 5.82 Å². The number of hydrogen-bond donors (Lipinski definition) is 0. The van der Waals surface area contributed by atoms with Crippen LogP contribution in [0, 0.1) is 0 Å².